The standard InChI is InChI=1S/C16H11N3O2S2/c20-14(12-4-2-1-3-5-12)18-19-15(21)13(23-16(19)22)10-11-6-8-17-9-7-11/h1-10H,(H,18,20)/b13-10-. The Balaban J connectivity index is 1.77. The van der Waals surface area contributed by atoms with Crippen molar-refractivity contribution < 1.29 is 9.59 Å². The van der Waals surface area contributed by atoms with Gasteiger partial charge < -0.3 is 0 Å². The third-order valence-electron chi connectivity index (χ3n) is 3.05. The van der Waals surface area contributed by atoms with Gasteiger partial charge in [-0.25, -0.2) is 0 Å². The maximum Gasteiger partial charge on any atom is 0.285 e. The highest BCUT2D eigenvalue weighted by Crippen LogP contribution is 2.31. The number of rotatable bonds is 3. The molecule has 5 nitrogen and oxygen atoms in total. The highest BCUT2D eigenvalue weighted by Gasteiger charge is 2.33. The number of nitrogens with zero attached hydrogens (tertiary/aromatic N) is 2. The molecular formula is C16H11N3O2S2. The fourth-order valence-electron chi connectivity index (χ4n) is 1.93. The molecule has 1 saturated heterocycles. The summed E-state index contributed by atoms with van der Waals surface area (Å²) in [5.41, 5.74) is 3.84. The molecule has 7 heteroatoms. The van der Waals surface area contributed by atoms with E-state index in [4.69, 9.17) is 12.2 Å². The molecule has 0 atom stereocenters. The fraction of sp³-hybridized carbons (Fsp3) is 0. The minimum absolute atomic E-state index is 0.291. The summed E-state index contributed by atoms with van der Waals surface area (Å²) in [7, 11) is 0. The Labute approximate surface area is 142 Å². The molecule has 1 aromatic heterocycles. The van der Waals surface area contributed by atoms with Crippen LogP contribution in [0.15, 0.2) is 59.8 Å². The van der Waals surface area contributed by atoms with Crippen LogP contribution in [0.2, 0.25) is 0 Å². The second-order valence-electron chi connectivity index (χ2n) is 4.60. The van der Waals surface area contributed by atoms with Gasteiger partial charge in [-0.3, -0.25) is 20.0 Å². The molecule has 0 saturated carbocycles. The largest absolute Gasteiger partial charge is 0.285 e. The molecule has 2 aromatic rings. The average Bonchev–Trinajstić information content (AvgIpc) is 2.84. The van der Waals surface area contributed by atoms with E-state index in [1.807, 2.05) is 6.07 Å². The van der Waals surface area contributed by atoms with Crippen molar-refractivity contribution in [2.24, 2.45) is 0 Å². The Hall–Kier alpha value is -2.51. The quantitative estimate of drug-likeness (QED) is 0.687. The van der Waals surface area contributed by atoms with Gasteiger partial charge in [-0.05, 0) is 48.1 Å². The number of amides is 2. The van der Waals surface area contributed by atoms with Crippen LogP contribution in [0, 0.1) is 0 Å². The Morgan fingerprint density at radius 3 is 2.57 bits per heavy atom. The van der Waals surface area contributed by atoms with Crippen LogP contribution in [0.4, 0.5) is 0 Å². The molecule has 1 aromatic carbocycles. The summed E-state index contributed by atoms with van der Waals surface area (Å²) < 4.78 is 0.291. The number of aromatic nitrogens is 1. The molecule has 0 radical (unpaired) electrons. The van der Waals surface area contributed by atoms with Gasteiger partial charge in [0.1, 0.15) is 0 Å². The topological polar surface area (TPSA) is 62.3 Å². The molecule has 1 aliphatic heterocycles. The molecule has 0 aliphatic carbocycles. The molecule has 23 heavy (non-hydrogen) atoms. The van der Waals surface area contributed by atoms with Gasteiger partial charge in [0.2, 0.25) is 0 Å². The smallest absolute Gasteiger partial charge is 0.267 e. The van der Waals surface area contributed by atoms with E-state index >= 15 is 0 Å². The van der Waals surface area contributed by atoms with E-state index in [1.165, 1.54) is 0 Å². The van der Waals surface area contributed by atoms with Crippen molar-refractivity contribution in [2.75, 3.05) is 0 Å². The molecule has 0 unspecified atom stereocenters. The lowest BCUT2D eigenvalue weighted by Gasteiger charge is -2.15. The second-order valence-corrected chi connectivity index (χ2v) is 6.28. The van der Waals surface area contributed by atoms with Crippen molar-refractivity contribution in [3.05, 3.63) is 70.9 Å². The first-order valence-corrected chi connectivity index (χ1v) is 7.91. The van der Waals surface area contributed by atoms with Crippen molar-refractivity contribution in [3.8, 4) is 0 Å². The summed E-state index contributed by atoms with van der Waals surface area (Å²) in [6, 6.07) is 12.2. The molecule has 1 aliphatic rings. The zero-order valence-corrected chi connectivity index (χ0v) is 13.4. The van der Waals surface area contributed by atoms with E-state index in [9.17, 15) is 9.59 Å². The molecule has 114 valence electrons. The van der Waals surface area contributed by atoms with Crippen LogP contribution in [0.5, 0.6) is 0 Å². The summed E-state index contributed by atoms with van der Waals surface area (Å²) >= 11 is 6.33. The zero-order chi connectivity index (χ0) is 16.2. The predicted molar refractivity (Wildman–Crippen MR) is 93.2 cm³/mol. The van der Waals surface area contributed by atoms with Crippen LogP contribution in [0.25, 0.3) is 6.08 Å². The Kier molecular flexibility index (Phi) is 4.50. The van der Waals surface area contributed by atoms with Crippen LogP contribution < -0.4 is 5.43 Å². The van der Waals surface area contributed by atoms with Gasteiger partial charge in [0.25, 0.3) is 11.8 Å². The number of benzene rings is 1. The molecule has 0 spiro atoms. The maximum atomic E-state index is 12.4. The number of hydrogen-bond donors (Lipinski definition) is 1. The van der Waals surface area contributed by atoms with E-state index in [0.717, 1.165) is 22.3 Å². The first-order chi connectivity index (χ1) is 11.1. The van der Waals surface area contributed by atoms with Gasteiger partial charge in [0.15, 0.2) is 4.32 Å². The first kappa shape index (κ1) is 15.4. The van der Waals surface area contributed by atoms with Gasteiger partial charge in [-0.2, -0.15) is 5.01 Å². The lowest BCUT2D eigenvalue weighted by molar-refractivity contribution is -0.123. The SMILES string of the molecule is O=C(NN1C(=O)/C(=C/c2ccncc2)SC1=S)c1ccccc1. The molecule has 2 heterocycles. The van der Waals surface area contributed by atoms with E-state index in [2.05, 4.69) is 10.4 Å². The second kappa shape index (κ2) is 6.72. The van der Waals surface area contributed by atoms with Gasteiger partial charge >= 0.3 is 0 Å². The number of nitrogens with one attached hydrogen (secondary N) is 1. The van der Waals surface area contributed by atoms with E-state index in [-0.39, 0.29) is 11.8 Å². The summed E-state index contributed by atoms with van der Waals surface area (Å²) in [6.07, 6.45) is 5.00. The summed E-state index contributed by atoms with van der Waals surface area (Å²) in [5.74, 6) is -0.729. The predicted octanol–water partition coefficient (Wildman–Crippen LogP) is 2.63. The van der Waals surface area contributed by atoms with Crippen molar-refractivity contribution in [3.63, 3.8) is 0 Å². The maximum absolute atomic E-state index is 12.4. The number of pyridine rings is 1. The van der Waals surface area contributed by atoms with Crippen LogP contribution in [-0.2, 0) is 4.79 Å². The third kappa shape index (κ3) is 3.46. The third-order valence-corrected chi connectivity index (χ3v) is 4.35. The molecular weight excluding hydrogens is 330 g/mol. The van der Waals surface area contributed by atoms with E-state index in [1.54, 1.807) is 54.9 Å². The highest BCUT2D eigenvalue weighted by atomic mass is 32.2. The number of carbonyl (C=O) groups excluding carboxylic acids is 2. The molecule has 1 N–H and O–H groups in total. The number of thioether (sulfide) groups is 1. The van der Waals surface area contributed by atoms with Crippen LogP contribution in [0.3, 0.4) is 0 Å². The minimum atomic E-state index is -0.382. The highest BCUT2D eigenvalue weighted by molar-refractivity contribution is 8.26. The summed E-state index contributed by atoms with van der Waals surface area (Å²) in [4.78, 5) is 28.9. The van der Waals surface area contributed by atoms with E-state index in [0.29, 0.717) is 14.8 Å². The Morgan fingerprint density at radius 2 is 1.87 bits per heavy atom. The van der Waals surface area contributed by atoms with Gasteiger partial charge in [0.05, 0.1) is 4.91 Å². The van der Waals surface area contributed by atoms with Gasteiger partial charge in [-0.15, -0.1) is 0 Å². The van der Waals surface area contributed by atoms with Crippen LogP contribution in [-0.4, -0.2) is 26.1 Å². The normalized spacial score (nSPS) is 16.0. The first-order valence-electron chi connectivity index (χ1n) is 6.69. The van der Waals surface area contributed by atoms with Crippen molar-refractivity contribution in [2.45, 2.75) is 0 Å². The fourth-order valence-corrected chi connectivity index (χ4v) is 3.11. The van der Waals surface area contributed by atoms with Crippen LogP contribution in [0.1, 0.15) is 15.9 Å². The number of carbonyl (C=O) groups is 2. The van der Waals surface area contributed by atoms with Gasteiger partial charge in [0, 0.05) is 18.0 Å². The Bertz CT molecular complexity index is 791. The monoisotopic (exact) mass is 341 g/mol. The molecule has 0 bridgehead atoms. The lowest BCUT2D eigenvalue weighted by Crippen LogP contribution is -2.44. The number of thiocarbonyl (C=S) groups is 1. The summed E-state index contributed by atoms with van der Waals surface area (Å²) in [6.45, 7) is 0. The van der Waals surface area contributed by atoms with Gasteiger partial charge in [-0.1, -0.05) is 30.0 Å². The number of hydrazine groups is 1. The van der Waals surface area contributed by atoms with Crippen molar-refractivity contribution in [1.82, 2.24) is 15.4 Å². The molecule has 3 rings (SSSR count). The van der Waals surface area contributed by atoms with Crippen molar-refractivity contribution >= 4 is 46.2 Å². The minimum Gasteiger partial charge on any atom is -0.267 e. The molecule has 2 amide bonds. The van der Waals surface area contributed by atoms with Crippen LogP contribution >= 0.6 is 24.0 Å². The zero-order valence-electron chi connectivity index (χ0n) is 11.8. The summed E-state index contributed by atoms with van der Waals surface area (Å²) in [5, 5.41) is 1.10. The average molecular weight is 341 g/mol. The Morgan fingerprint density at radius 1 is 1.17 bits per heavy atom. The van der Waals surface area contributed by atoms with Crippen molar-refractivity contribution in [1.29, 1.82) is 0 Å². The molecule has 1 fully saturated rings. The number of hydrogen-bond acceptors (Lipinski definition) is 5. The lowest BCUT2D eigenvalue weighted by atomic mass is 10.2. The van der Waals surface area contributed by atoms with E-state index < -0.39 is 0 Å².